The van der Waals surface area contributed by atoms with E-state index in [1.165, 1.54) is 0 Å². The van der Waals surface area contributed by atoms with Crippen LogP contribution in [0.1, 0.15) is 27.9 Å². The van der Waals surface area contributed by atoms with E-state index in [1.54, 1.807) is 7.11 Å². The van der Waals surface area contributed by atoms with Crippen molar-refractivity contribution in [3.8, 4) is 11.5 Å². The third-order valence-corrected chi connectivity index (χ3v) is 4.27. The topological polar surface area (TPSA) is 35.5 Å². The molecule has 0 aliphatic heterocycles. The van der Waals surface area contributed by atoms with Crippen molar-refractivity contribution in [2.45, 2.75) is 12.8 Å². The molecule has 0 spiro atoms. The molecule has 0 amide bonds. The van der Waals surface area contributed by atoms with E-state index >= 15 is 0 Å². The molecule has 0 heterocycles. The van der Waals surface area contributed by atoms with E-state index in [9.17, 15) is 4.79 Å². The van der Waals surface area contributed by atoms with Crippen LogP contribution < -0.4 is 9.47 Å². The molecule has 1 aliphatic rings. The molecule has 2 aromatic rings. The molecule has 0 fully saturated rings. The number of Topliss-reactive ketones (excluding diaryl/α,β-unsaturated/α-hetero) is 1. The highest BCUT2D eigenvalue weighted by Crippen LogP contribution is 2.31. The van der Waals surface area contributed by atoms with Crippen molar-refractivity contribution in [3.63, 3.8) is 0 Å². The summed E-state index contributed by atoms with van der Waals surface area (Å²) in [5.41, 5.74) is 3.61. The SMILES string of the molecule is COc1cc(C=C2Cc3ccccc3C2=O)ccc1OCCCCl. The highest BCUT2D eigenvalue weighted by molar-refractivity contribution is 6.17. The Labute approximate surface area is 146 Å². The molecule has 24 heavy (non-hydrogen) atoms. The number of carbonyl (C=O) groups is 1. The average Bonchev–Trinajstić information content (AvgIpc) is 2.92. The standard InChI is InChI=1S/C20H19ClO3/c1-23-19-12-14(7-8-18(19)24-10-4-9-21)11-16-13-15-5-2-3-6-17(15)20(16)22/h2-3,5-8,11-12H,4,9-10,13H2,1H3. The lowest BCUT2D eigenvalue weighted by atomic mass is 10.1. The number of allylic oxidation sites excluding steroid dienone is 1. The van der Waals surface area contributed by atoms with Gasteiger partial charge in [0.15, 0.2) is 17.3 Å². The van der Waals surface area contributed by atoms with Gasteiger partial charge in [0.25, 0.3) is 0 Å². The first kappa shape index (κ1) is 16.6. The number of ether oxygens (including phenoxy) is 2. The predicted molar refractivity (Wildman–Crippen MR) is 96.3 cm³/mol. The number of ketones is 1. The van der Waals surface area contributed by atoms with Gasteiger partial charge in [-0.2, -0.15) is 0 Å². The van der Waals surface area contributed by atoms with Crippen molar-refractivity contribution < 1.29 is 14.3 Å². The molecule has 2 aromatic carbocycles. The van der Waals surface area contributed by atoms with E-state index in [4.69, 9.17) is 21.1 Å². The van der Waals surface area contributed by atoms with E-state index in [2.05, 4.69) is 0 Å². The van der Waals surface area contributed by atoms with Crippen molar-refractivity contribution >= 4 is 23.5 Å². The first-order valence-electron chi connectivity index (χ1n) is 7.93. The summed E-state index contributed by atoms with van der Waals surface area (Å²) in [6.45, 7) is 0.550. The smallest absolute Gasteiger partial charge is 0.189 e. The Balaban J connectivity index is 1.82. The fourth-order valence-electron chi connectivity index (χ4n) is 2.80. The maximum Gasteiger partial charge on any atom is 0.189 e. The van der Waals surface area contributed by atoms with Gasteiger partial charge in [-0.1, -0.05) is 30.3 Å². The van der Waals surface area contributed by atoms with Gasteiger partial charge in [0.2, 0.25) is 0 Å². The van der Waals surface area contributed by atoms with Crippen molar-refractivity contribution in [2.24, 2.45) is 0 Å². The van der Waals surface area contributed by atoms with Gasteiger partial charge in [-0.15, -0.1) is 11.6 Å². The number of alkyl halides is 1. The number of methoxy groups -OCH3 is 1. The molecule has 0 radical (unpaired) electrons. The quantitative estimate of drug-likeness (QED) is 0.439. The summed E-state index contributed by atoms with van der Waals surface area (Å²) in [6.07, 6.45) is 3.38. The summed E-state index contributed by atoms with van der Waals surface area (Å²) in [5.74, 6) is 2.01. The second kappa shape index (κ2) is 7.54. The number of hydrogen-bond acceptors (Lipinski definition) is 3. The summed E-state index contributed by atoms with van der Waals surface area (Å²) < 4.78 is 11.1. The first-order valence-corrected chi connectivity index (χ1v) is 8.46. The van der Waals surface area contributed by atoms with Crippen LogP contribution in [-0.2, 0) is 6.42 Å². The molecule has 1 aliphatic carbocycles. The molecule has 3 nitrogen and oxygen atoms in total. The average molecular weight is 343 g/mol. The highest BCUT2D eigenvalue weighted by atomic mass is 35.5. The third-order valence-electron chi connectivity index (χ3n) is 4.00. The Morgan fingerprint density at radius 1 is 1.17 bits per heavy atom. The lowest BCUT2D eigenvalue weighted by Gasteiger charge is -2.11. The van der Waals surface area contributed by atoms with E-state index in [0.717, 1.165) is 28.7 Å². The minimum Gasteiger partial charge on any atom is -0.493 e. The Hall–Kier alpha value is -2.26. The lowest BCUT2D eigenvalue weighted by molar-refractivity contribution is 0.104. The zero-order valence-electron chi connectivity index (χ0n) is 13.5. The van der Waals surface area contributed by atoms with E-state index in [1.807, 2.05) is 48.5 Å². The van der Waals surface area contributed by atoms with Crippen LogP contribution in [0.5, 0.6) is 11.5 Å². The van der Waals surface area contributed by atoms with Gasteiger partial charge in [0, 0.05) is 23.4 Å². The fraction of sp³-hybridized carbons (Fsp3) is 0.250. The van der Waals surface area contributed by atoms with Crippen LogP contribution in [0.4, 0.5) is 0 Å². The molecule has 0 unspecified atom stereocenters. The zero-order chi connectivity index (χ0) is 16.9. The number of carbonyl (C=O) groups excluding carboxylic acids is 1. The molecule has 0 bridgehead atoms. The van der Waals surface area contributed by atoms with Crippen molar-refractivity contribution in [2.75, 3.05) is 19.6 Å². The van der Waals surface area contributed by atoms with Crippen molar-refractivity contribution in [1.82, 2.24) is 0 Å². The predicted octanol–water partition coefficient (Wildman–Crippen LogP) is 4.53. The summed E-state index contributed by atoms with van der Waals surface area (Å²) >= 11 is 5.66. The van der Waals surface area contributed by atoms with E-state index in [0.29, 0.717) is 30.4 Å². The van der Waals surface area contributed by atoms with Gasteiger partial charge < -0.3 is 9.47 Å². The van der Waals surface area contributed by atoms with Gasteiger partial charge in [-0.3, -0.25) is 4.79 Å². The van der Waals surface area contributed by atoms with E-state index in [-0.39, 0.29) is 5.78 Å². The molecular formula is C20H19ClO3. The summed E-state index contributed by atoms with van der Waals surface area (Å²) in [5, 5.41) is 0. The minimum absolute atomic E-state index is 0.104. The van der Waals surface area contributed by atoms with Crippen LogP contribution in [0.15, 0.2) is 48.0 Å². The van der Waals surface area contributed by atoms with Crippen LogP contribution in [-0.4, -0.2) is 25.4 Å². The highest BCUT2D eigenvalue weighted by Gasteiger charge is 2.23. The fourth-order valence-corrected chi connectivity index (χ4v) is 2.91. The molecule has 0 saturated carbocycles. The Morgan fingerprint density at radius 2 is 2.00 bits per heavy atom. The van der Waals surface area contributed by atoms with Crippen molar-refractivity contribution in [3.05, 3.63) is 64.7 Å². The molecule has 0 aromatic heterocycles. The second-order valence-corrected chi connectivity index (χ2v) is 6.01. The molecule has 0 atom stereocenters. The van der Waals surface area contributed by atoms with Crippen molar-refractivity contribution in [1.29, 1.82) is 0 Å². The Morgan fingerprint density at radius 3 is 2.75 bits per heavy atom. The second-order valence-electron chi connectivity index (χ2n) is 5.63. The summed E-state index contributed by atoms with van der Waals surface area (Å²) in [7, 11) is 1.61. The third kappa shape index (κ3) is 3.46. The minimum atomic E-state index is 0.104. The van der Waals surface area contributed by atoms with Gasteiger partial charge >= 0.3 is 0 Å². The summed E-state index contributed by atoms with van der Waals surface area (Å²) in [4.78, 5) is 12.5. The number of hydrogen-bond donors (Lipinski definition) is 0. The molecule has 3 rings (SSSR count). The monoisotopic (exact) mass is 342 g/mol. The zero-order valence-corrected chi connectivity index (χ0v) is 14.3. The number of fused-ring (bicyclic) bond motifs is 1. The van der Waals surface area contributed by atoms with Crippen LogP contribution in [0.2, 0.25) is 0 Å². The van der Waals surface area contributed by atoms with Crippen LogP contribution >= 0.6 is 11.6 Å². The number of benzene rings is 2. The van der Waals surface area contributed by atoms with Crippen LogP contribution in [0.25, 0.3) is 6.08 Å². The Kier molecular flexibility index (Phi) is 5.21. The normalized spacial score (nSPS) is 14.8. The van der Waals surface area contributed by atoms with Crippen LogP contribution in [0, 0.1) is 0 Å². The Bertz CT molecular complexity index is 780. The molecule has 0 N–H and O–H groups in total. The number of rotatable bonds is 6. The largest absolute Gasteiger partial charge is 0.493 e. The molecule has 4 heteroatoms. The van der Waals surface area contributed by atoms with Gasteiger partial charge in [-0.05, 0) is 35.8 Å². The van der Waals surface area contributed by atoms with Gasteiger partial charge in [-0.25, -0.2) is 0 Å². The molecule has 0 saturated heterocycles. The maximum atomic E-state index is 12.5. The van der Waals surface area contributed by atoms with Gasteiger partial charge in [0.05, 0.1) is 13.7 Å². The molecular weight excluding hydrogens is 324 g/mol. The number of halogens is 1. The lowest BCUT2D eigenvalue weighted by Crippen LogP contribution is -2.00. The maximum absolute atomic E-state index is 12.5. The molecule has 124 valence electrons. The van der Waals surface area contributed by atoms with E-state index < -0.39 is 0 Å². The summed E-state index contributed by atoms with van der Waals surface area (Å²) in [6, 6.07) is 13.4. The first-order chi connectivity index (χ1) is 11.7. The van der Waals surface area contributed by atoms with Gasteiger partial charge in [0.1, 0.15) is 0 Å². The van der Waals surface area contributed by atoms with Crippen LogP contribution in [0.3, 0.4) is 0 Å².